The predicted octanol–water partition coefficient (Wildman–Crippen LogP) is 2.68. The van der Waals surface area contributed by atoms with E-state index in [1.807, 2.05) is 0 Å². The van der Waals surface area contributed by atoms with Crippen molar-refractivity contribution in [3.8, 4) is 0 Å². The van der Waals surface area contributed by atoms with Gasteiger partial charge in [0.2, 0.25) is 0 Å². The second kappa shape index (κ2) is 10.8. The van der Waals surface area contributed by atoms with Crippen molar-refractivity contribution in [2.24, 2.45) is 0 Å². The van der Waals surface area contributed by atoms with E-state index in [0.29, 0.717) is 5.56 Å². The summed E-state index contributed by atoms with van der Waals surface area (Å²) in [6.07, 6.45) is -3.40. The van der Waals surface area contributed by atoms with Gasteiger partial charge in [-0.1, -0.05) is 12.1 Å². The molecule has 186 valence electrons. The number of aliphatic hydroxyl groups excluding tert-OH is 1. The van der Waals surface area contributed by atoms with E-state index in [1.54, 1.807) is 13.0 Å². The Hall–Kier alpha value is -4.20. The minimum Gasteiger partial charge on any atom is -0.511 e. The standard InChI is InChI=1S/C21H20F3N5O6/c1-2-34-20(33)35-27-9-11-3-6-16(26-8-11)29-19(32)17-14(30)7-13(28-18(17)31)12-4-5-15(25-10-12)21(22,23)24/h3-6,8,10,13,27,30H,2,7,9H2,1H3,(H,28,31)(H,26,29,32)/t13-/m0/s1. The number of halogens is 3. The fourth-order valence-electron chi connectivity index (χ4n) is 3.03. The number of pyridine rings is 2. The Bertz CT molecular complexity index is 1120. The summed E-state index contributed by atoms with van der Waals surface area (Å²) >= 11 is 0. The first kappa shape index (κ1) is 25.4. The topological polar surface area (TPSA) is 152 Å². The predicted molar refractivity (Wildman–Crippen MR) is 112 cm³/mol. The van der Waals surface area contributed by atoms with Gasteiger partial charge in [0.05, 0.1) is 19.2 Å². The van der Waals surface area contributed by atoms with Gasteiger partial charge in [0.25, 0.3) is 11.8 Å². The fraction of sp³-hybridized carbons (Fsp3) is 0.286. The minimum atomic E-state index is -4.61. The third-order valence-corrected chi connectivity index (χ3v) is 4.68. The summed E-state index contributed by atoms with van der Waals surface area (Å²) in [7, 11) is 0. The molecule has 0 aliphatic carbocycles. The van der Waals surface area contributed by atoms with E-state index in [9.17, 15) is 32.7 Å². The zero-order valence-electron chi connectivity index (χ0n) is 18.2. The van der Waals surface area contributed by atoms with Gasteiger partial charge >= 0.3 is 12.3 Å². The van der Waals surface area contributed by atoms with Crippen LogP contribution < -0.4 is 16.1 Å². The maximum atomic E-state index is 12.7. The van der Waals surface area contributed by atoms with Crippen LogP contribution in [0.3, 0.4) is 0 Å². The number of anilines is 1. The molecule has 0 spiro atoms. The molecule has 4 N–H and O–H groups in total. The summed E-state index contributed by atoms with van der Waals surface area (Å²) in [6.45, 7) is 1.89. The summed E-state index contributed by atoms with van der Waals surface area (Å²) in [4.78, 5) is 48.0. The first-order chi connectivity index (χ1) is 16.6. The van der Waals surface area contributed by atoms with Gasteiger partial charge in [-0.25, -0.2) is 9.78 Å². The molecule has 0 radical (unpaired) electrons. The number of hydroxylamine groups is 1. The van der Waals surface area contributed by atoms with Crippen molar-refractivity contribution in [3.63, 3.8) is 0 Å². The largest absolute Gasteiger partial charge is 0.527 e. The number of nitrogens with zero attached hydrogens (tertiary/aromatic N) is 2. The number of alkyl halides is 3. The van der Waals surface area contributed by atoms with Crippen LogP contribution in [0.2, 0.25) is 0 Å². The van der Waals surface area contributed by atoms with E-state index in [1.165, 1.54) is 12.3 Å². The molecule has 0 saturated carbocycles. The third-order valence-electron chi connectivity index (χ3n) is 4.68. The molecule has 0 aromatic carbocycles. The van der Waals surface area contributed by atoms with Gasteiger partial charge in [0, 0.05) is 18.8 Å². The number of hydrogen-bond donors (Lipinski definition) is 4. The molecule has 1 aliphatic rings. The van der Waals surface area contributed by atoms with Crippen LogP contribution in [0.5, 0.6) is 0 Å². The van der Waals surface area contributed by atoms with Crippen LogP contribution >= 0.6 is 0 Å². The highest BCUT2D eigenvalue weighted by molar-refractivity contribution is 6.23. The molecule has 2 amide bonds. The number of aromatic nitrogens is 2. The summed E-state index contributed by atoms with van der Waals surface area (Å²) in [5, 5.41) is 15.2. The number of aliphatic hydroxyl groups is 1. The minimum absolute atomic E-state index is 0.0761. The van der Waals surface area contributed by atoms with Crippen LogP contribution in [-0.2, 0) is 31.9 Å². The number of carbonyl (C=O) groups excluding carboxylic acids is 3. The van der Waals surface area contributed by atoms with Crippen LogP contribution in [0, 0.1) is 0 Å². The highest BCUT2D eigenvalue weighted by Crippen LogP contribution is 2.30. The molecule has 3 rings (SSSR count). The average molecular weight is 495 g/mol. The van der Waals surface area contributed by atoms with Crippen molar-refractivity contribution in [2.45, 2.75) is 32.1 Å². The van der Waals surface area contributed by atoms with Gasteiger partial charge < -0.3 is 25.3 Å². The number of carbonyl (C=O) groups is 3. The first-order valence-electron chi connectivity index (χ1n) is 10.2. The Balaban J connectivity index is 1.60. The van der Waals surface area contributed by atoms with Crippen LogP contribution in [0.1, 0.15) is 36.2 Å². The van der Waals surface area contributed by atoms with E-state index in [0.717, 1.165) is 18.3 Å². The summed E-state index contributed by atoms with van der Waals surface area (Å²) in [5.74, 6) is -2.29. The van der Waals surface area contributed by atoms with Crippen LogP contribution in [0.25, 0.3) is 0 Å². The molecule has 1 atom stereocenters. The van der Waals surface area contributed by atoms with Crippen molar-refractivity contribution < 1.29 is 42.2 Å². The van der Waals surface area contributed by atoms with Gasteiger partial charge in [-0.3, -0.25) is 14.6 Å². The second-order valence-corrected chi connectivity index (χ2v) is 7.14. The quantitative estimate of drug-likeness (QED) is 0.258. The molecule has 35 heavy (non-hydrogen) atoms. The van der Waals surface area contributed by atoms with Gasteiger partial charge in [-0.15, -0.1) is 5.48 Å². The number of nitrogens with one attached hydrogen (secondary N) is 3. The number of hydrogen-bond acceptors (Lipinski definition) is 9. The lowest BCUT2D eigenvalue weighted by Gasteiger charge is -2.25. The Labute approximate surface area is 196 Å². The molecule has 0 saturated heterocycles. The van der Waals surface area contributed by atoms with Crippen molar-refractivity contribution in [1.82, 2.24) is 20.8 Å². The Morgan fingerprint density at radius 2 is 1.97 bits per heavy atom. The Morgan fingerprint density at radius 3 is 2.54 bits per heavy atom. The van der Waals surface area contributed by atoms with Crippen LogP contribution in [0.15, 0.2) is 48.0 Å². The van der Waals surface area contributed by atoms with Crippen molar-refractivity contribution >= 4 is 23.8 Å². The van der Waals surface area contributed by atoms with Crippen LogP contribution in [-0.4, -0.2) is 39.7 Å². The molecular formula is C21H20F3N5O6. The fourth-order valence-corrected chi connectivity index (χ4v) is 3.03. The van der Waals surface area contributed by atoms with Gasteiger partial charge in [-0.2, -0.15) is 13.2 Å². The maximum Gasteiger partial charge on any atom is 0.527 e. The molecule has 11 nitrogen and oxygen atoms in total. The zero-order valence-corrected chi connectivity index (χ0v) is 18.2. The molecule has 2 aromatic heterocycles. The monoisotopic (exact) mass is 495 g/mol. The summed E-state index contributed by atoms with van der Waals surface area (Å²) in [6, 6.07) is 4.02. The maximum absolute atomic E-state index is 12.7. The number of amides is 2. The number of rotatable bonds is 7. The highest BCUT2D eigenvalue weighted by Gasteiger charge is 2.35. The Kier molecular flexibility index (Phi) is 7.86. The lowest BCUT2D eigenvalue weighted by atomic mass is 9.97. The summed E-state index contributed by atoms with van der Waals surface area (Å²) in [5.41, 5.74) is 1.57. The van der Waals surface area contributed by atoms with E-state index < -0.39 is 47.2 Å². The molecule has 0 fully saturated rings. The molecular weight excluding hydrogens is 475 g/mol. The molecule has 2 aromatic rings. The van der Waals surface area contributed by atoms with Gasteiger partial charge in [0.15, 0.2) is 0 Å². The van der Waals surface area contributed by atoms with Gasteiger partial charge in [-0.05, 0) is 30.2 Å². The number of ether oxygens (including phenoxy) is 1. The summed E-state index contributed by atoms with van der Waals surface area (Å²) < 4.78 is 42.6. The second-order valence-electron chi connectivity index (χ2n) is 7.14. The molecule has 0 unspecified atom stereocenters. The zero-order chi connectivity index (χ0) is 25.6. The lowest BCUT2D eigenvalue weighted by Crippen LogP contribution is -2.39. The lowest BCUT2D eigenvalue weighted by molar-refractivity contribution is -0.141. The molecule has 3 heterocycles. The first-order valence-corrected chi connectivity index (χ1v) is 10.2. The van der Waals surface area contributed by atoms with Crippen molar-refractivity contribution in [3.05, 3.63) is 64.8 Å². The van der Waals surface area contributed by atoms with E-state index in [2.05, 4.69) is 35.7 Å². The van der Waals surface area contributed by atoms with E-state index in [4.69, 9.17) is 0 Å². The van der Waals surface area contributed by atoms with Crippen molar-refractivity contribution in [1.29, 1.82) is 0 Å². The van der Waals surface area contributed by atoms with E-state index in [-0.39, 0.29) is 31.0 Å². The molecule has 0 bridgehead atoms. The third kappa shape index (κ3) is 6.66. The Morgan fingerprint density at radius 1 is 1.20 bits per heavy atom. The molecule has 14 heteroatoms. The van der Waals surface area contributed by atoms with Crippen LogP contribution in [0.4, 0.5) is 23.8 Å². The smallest absolute Gasteiger partial charge is 0.511 e. The molecule has 1 aliphatic heterocycles. The SMILES string of the molecule is CCOC(=O)ONCc1ccc(NC(=O)C2=C(O)C[C@@H](c3ccc(C(F)(F)F)nc3)NC2=O)nc1. The highest BCUT2D eigenvalue weighted by atomic mass is 19.4. The van der Waals surface area contributed by atoms with Gasteiger partial charge in [0.1, 0.15) is 22.8 Å². The van der Waals surface area contributed by atoms with E-state index >= 15 is 0 Å². The van der Waals surface area contributed by atoms with Crippen molar-refractivity contribution in [2.75, 3.05) is 11.9 Å². The average Bonchev–Trinajstić information content (AvgIpc) is 2.79. The normalized spacial score (nSPS) is 15.9.